The highest BCUT2D eigenvalue weighted by Gasteiger charge is 2.37. The molecule has 1 aromatic carbocycles. The molecule has 1 aliphatic heterocycles. The molecule has 1 aromatic rings. The highest BCUT2D eigenvalue weighted by Crippen LogP contribution is 2.38. The van der Waals surface area contributed by atoms with E-state index in [4.69, 9.17) is 9.84 Å². The van der Waals surface area contributed by atoms with Crippen LogP contribution in [0.4, 0.5) is 0 Å². The molecule has 2 aliphatic rings. The summed E-state index contributed by atoms with van der Waals surface area (Å²) in [6.45, 7) is 1.96. The van der Waals surface area contributed by atoms with E-state index in [1.807, 2.05) is 24.3 Å². The van der Waals surface area contributed by atoms with E-state index < -0.39 is 5.97 Å². The summed E-state index contributed by atoms with van der Waals surface area (Å²) in [6, 6.07) is 8.55. The number of rotatable bonds is 5. The van der Waals surface area contributed by atoms with Crippen LogP contribution < -0.4 is 4.74 Å². The van der Waals surface area contributed by atoms with E-state index >= 15 is 0 Å². The third kappa shape index (κ3) is 2.89. The molecule has 0 radical (unpaired) electrons. The molecule has 4 nitrogen and oxygen atoms in total. The van der Waals surface area contributed by atoms with Crippen LogP contribution in [0.1, 0.15) is 24.8 Å². The first kappa shape index (κ1) is 12.5. The molecule has 0 spiro atoms. The SMILES string of the molecule is O=C(O)COc1ccc(CN2C[C@H]3CC[C@H]2C3)cc1. The maximum Gasteiger partial charge on any atom is 0.341 e. The normalized spacial score (nSPS) is 25.7. The Kier molecular flexibility index (Phi) is 3.42. The van der Waals surface area contributed by atoms with Crippen LogP contribution in [-0.4, -0.2) is 35.2 Å². The van der Waals surface area contributed by atoms with E-state index in [1.54, 1.807) is 0 Å². The lowest BCUT2D eigenvalue weighted by molar-refractivity contribution is -0.139. The molecule has 19 heavy (non-hydrogen) atoms. The number of carbonyl (C=O) groups is 1. The van der Waals surface area contributed by atoms with Gasteiger partial charge in [-0.1, -0.05) is 12.1 Å². The number of hydrogen-bond acceptors (Lipinski definition) is 3. The molecular formula is C15H19NO3. The highest BCUT2D eigenvalue weighted by molar-refractivity contribution is 5.68. The average molecular weight is 261 g/mol. The second-order valence-electron chi connectivity index (χ2n) is 5.59. The summed E-state index contributed by atoms with van der Waals surface area (Å²) in [5.41, 5.74) is 1.27. The molecule has 2 atom stereocenters. The van der Waals surface area contributed by atoms with Crippen LogP contribution in [0.5, 0.6) is 5.75 Å². The molecular weight excluding hydrogens is 242 g/mol. The van der Waals surface area contributed by atoms with Crippen molar-refractivity contribution < 1.29 is 14.6 Å². The maximum absolute atomic E-state index is 10.4. The topological polar surface area (TPSA) is 49.8 Å². The van der Waals surface area contributed by atoms with Crippen molar-refractivity contribution in [2.45, 2.75) is 31.8 Å². The smallest absolute Gasteiger partial charge is 0.341 e. The number of fused-ring (bicyclic) bond motifs is 2. The van der Waals surface area contributed by atoms with Crippen molar-refractivity contribution in [1.82, 2.24) is 4.90 Å². The lowest BCUT2D eigenvalue weighted by atomic mass is 10.1. The molecule has 1 N–H and O–H groups in total. The quantitative estimate of drug-likeness (QED) is 0.882. The van der Waals surface area contributed by atoms with E-state index in [1.165, 1.54) is 31.4 Å². The fourth-order valence-electron chi connectivity index (χ4n) is 3.29. The van der Waals surface area contributed by atoms with Gasteiger partial charge in [0.15, 0.2) is 6.61 Å². The van der Waals surface area contributed by atoms with Gasteiger partial charge in [-0.25, -0.2) is 4.79 Å². The number of aliphatic carboxylic acids is 1. The minimum absolute atomic E-state index is 0.283. The van der Waals surface area contributed by atoms with Crippen molar-refractivity contribution >= 4 is 5.97 Å². The zero-order valence-corrected chi connectivity index (χ0v) is 10.9. The van der Waals surface area contributed by atoms with Crippen molar-refractivity contribution in [3.8, 4) is 5.75 Å². The number of carboxylic acid groups (broad SMARTS) is 1. The fraction of sp³-hybridized carbons (Fsp3) is 0.533. The molecule has 0 unspecified atom stereocenters. The number of ether oxygens (including phenoxy) is 1. The molecule has 1 heterocycles. The van der Waals surface area contributed by atoms with E-state index in [9.17, 15) is 4.79 Å². The second-order valence-corrected chi connectivity index (χ2v) is 5.59. The molecule has 2 bridgehead atoms. The van der Waals surface area contributed by atoms with Gasteiger partial charge in [0.05, 0.1) is 0 Å². The zero-order valence-electron chi connectivity index (χ0n) is 10.9. The van der Waals surface area contributed by atoms with Crippen LogP contribution in [0.3, 0.4) is 0 Å². The van der Waals surface area contributed by atoms with Gasteiger partial charge in [-0.15, -0.1) is 0 Å². The van der Waals surface area contributed by atoms with Crippen LogP contribution >= 0.6 is 0 Å². The summed E-state index contributed by atoms with van der Waals surface area (Å²) in [7, 11) is 0. The van der Waals surface area contributed by atoms with Gasteiger partial charge in [0, 0.05) is 19.1 Å². The molecule has 1 saturated carbocycles. The largest absolute Gasteiger partial charge is 0.482 e. The minimum Gasteiger partial charge on any atom is -0.482 e. The van der Waals surface area contributed by atoms with Gasteiger partial charge < -0.3 is 9.84 Å². The maximum atomic E-state index is 10.4. The Balaban J connectivity index is 1.55. The van der Waals surface area contributed by atoms with Gasteiger partial charge in [0.1, 0.15) is 5.75 Å². The summed E-state index contributed by atoms with van der Waals surface area (Å²) in [5, 5.41) is 8.55. The number of benzene rings is 1. The number of likely N-dealkylation sites (tertiary alicyclic amines) is 1. The summed E-state index contributed by atoms with van der Waals surface area (Å²) in [6.07, 6.45) is 4.13. The molecule has 3 rings (SSSR count). The second kappa shape index (κ2) is 5.21. The number of nitrogens with zero attached hydrogens (tertiary/aromatic N) is 1. The predicted molar refractivity (Wildman–Crippen MR) is 71.1 cm³/mol. The number of carboxylic acids is 1. The Morgan fingerprint density at radius 3 is 2.68 bits per heavy atom. The summed E-state index contributed by atoms with van der Waals surface area (Å²) < 4.78 is 5.13. The Morgan fingerprint density at radius 1 is 1.32 bits per heavy atom. The molecule has 102 valence electrons. The van der Waals surface area contributed by atoms with Crippen LogP contribution in [0.25, 0.3) is 0 Å². The summed E-state index contributed by atoms with van der Waals surface area (Å²) in [5.74, 6) is 0.592. The molecule has 4 heteroatoms. The zero-order chi connectivity index (χ0) is 13.2. The summed E-state index contributed by atoms with van der Waals surface area (Å²) >= 11 is 0. The lowest BCUT2D eigenvalue weighted by Crippen LogP contribution is -2.31. The summed E-state index contributed by atoms with van der Waals surface area (Å²) in [4.78, 5) is 13.0. The average Bonchev–Trinajstić information content (AvgIpc) is 3.00. The van der Waals surface area contributed by atoms with Crippen molar-refractivity contribution in [3.63, 3.8) is 0 Å². The molecule has 2 fully saturated rings. The standard InChI is InChI=1S/C15H19NO3/c17-15(18)10-19-14-5-2-11(3-6-14)8-16-9-12-1-4-13(16)7-12/h2-3,5-6,12-13H,1,4,7-10H2,(H,17,18)/t12-,13-/m0/s1. The van der Waals surface area contributed by atoms with E-state index in [2.05, 4.69) is 4.90 Å². The third-order valence-corrected chi connectivity index (χ3v) is 4.19. The van der Waals surface area contributed by atoms with Crippen LogP contribution in [-0.2, 0) is 11.3 Å². The third-order valence-electron chi connectivity index (χ3n) is 4.19. The Bertz CT molecular complexity index is 457. The number of piperidine rings is 1. The lowest BCUT2D eigenvalue weighted by Gasteiger charge is -2.26. The van der Waals surface area contributed by atoms with Crippen LogP contribution in [0.15, 0.2) is 24.3 Å². The Morgan fingerprint density at radius 2 is 2.11 bits per heavy atom. The Hall–Kier alpha value is -1.55. The van der Waals surface area contributed by atoms with Gasteiger partial charge in [-0.05, 0) is 42.9 Å². The molecule has 1 saturated heterocycles. The van der Waals surface area contributed by atoms with Crippen LogP contribution in [0, 0.1) is 5.92 Å². The first-order valence-corrected chi connectivity index (χ1v) is 6.88. The predicted octanol–water partition coefficient (Wildman–Crippen LogP) is 2.13. The first-order valence-electron chi connectivity index (χ1n) is 6.88. The van der Waals surface area contributed by atoms with Crippen LogP contribution in [0.2, 0.25) is 0 Å². The molecule has 0 amide bonds. The van der Waals surface area contributed by atoms with Crippen molar-refractivity contribution in [3.05, 3.63) is 29.8 Å². The highest BCUT2D eigenvalue weighted by atomic mass is 16.5. The van der Waals surface area contributed by atoms with E-state index in [0.717, 1.165) is 18.5 Å². The number of hydrogen-bond donors (Lipinski definition) is 1. The van der Waals surface area contributed by atoms with Gasteiger partial charge in [-0.2, -0.15) is 0 Å². The first-order chi connectivity index (χ1) is 9.20. The minimum atomic E-state index is -0.947. The van der Waals surface area contributed by atoms with E-state index in [0.29, 0.717) is 5.75 Å². The van der Waals surface area contributed by atoms with Crippen molar-refractivity contribution in [2.24, 2.45) is 5.92 Å². The monoisotopic (exact) mass is 261 g/mol. The Labute approximate surface area is 113 Å². The van der Waals surface area contributed by atoms with Gasteiger partial charge in [0.25, 0.3) is 0 Å². The van der Waals surface area contributed by atoms with Gasteiger partial charge in [-0.3, -0.25) is 4.90 Å². The van der Waals surface area contributed by atoms with Gasteiger partial charge in [0.2, 0.25) is 0 Å². The fourth-order valence-corrected chi connectivity index (χ4v) is 3.29. The molecule has 0 aromatic heterocycles. The van der Waals surface area contributed by atoms with Crippen molar-refractivity contribution in [2.75, 3.05) is 13.2 Å². The molecule has 1 aliphatic carbocycles. The van der Waals surface area contributed by atoms with Crippen molar-refractivity contribution in [1.29, 1.82) is 0 Å². The van der Waals surface area contributed by atoms with E-state index in [-0.39, 0.29) is 6.61 Å². The van der Waals surface area contributed by atoms with Gasteiger partial charge >= 0.3 is 5.97 Å².